The van der Waals surface area contributed by atoms with Crippen LogP contribution < -0.4 is 10.9 Å². The Morgan fingerprint density at radius 3 is 2.48 bits per heavy atom. The fourth-order valence-electron chi connectivity index (χ4n) is 4.67. The maximum Gasteiger partial charge on any atom is 0.275 e. The normalized spacial score (nSPS) is 20.3. The predicted octanol–water partition coefficient (Wildman–Crippen LogP) is 3.02. The maximum absolute atomic E-state index is 12.9. The van der Waals surface area contributed by atoms with Crippen LogP contribution in [0.15, 0.2) is 47.4 Å². The summed E-state index contributed by atoms with van der Waals surface area (Å²) in [6.07, 6.45) is 6.63. The molecule has 1 N–H and O–H groups in total. The molecule has 1 amide bonds. The molecule has 0 radical (unpaired) electrons. The quantitative estimate of drug-likeness (QED) is 0.654. The lowest BCUT2D eigenvalue weighted by atomic mass is 9.97. The molecule has 0 spiro atoms. The number of rotatable bonds is 6. The summed E-state index contributed by atoms with van der Waals surface area (Å²) in [7, 11) is 0. The molecular weight excluding hydrogens is 364 g/mol. The number of piperidine rings is 1. The predicted molar refractivity (Wildman–Crippen MR) is 116 cm³/mol. The van der Waals surface area contributed by atoms with Gasteiger partial charge in [-0.25, -0.2) is 0 Å². The molecule has 0 unspecified atom stereocenters. The van der Waals surface area contributed by atoms with Gasteiger partial charge in [-0.05, 0) is 57.4 Å². The Kier molecular flexibility index (Phi) is 5.72. The second-order valence-corrected chi connectivity index (χ2v) is 8.21. The summed E-state index contributed by atoms with van der Waals surface area (Å²) in [4.78, 5) is 28.0. The molecule has 1 aromatic carbocycles. The third-order valence-corrected chi connectivity index (χ3v) is 6.24. The highest BCUT2D eigenvalue weighted by Crippen LogP contribution is 2.22. The van der Waals surface area contributed by atoms with Gasteiger partial charge in [0.25, 0.3) is 5.56 Å². The molecule has 1 fully saturated rings. The van der Waals surface area contributed by atoms with Gasteiger partial charge in [0.1, 0.15) is 12.1 Å². The SMILES string of the molecule is C[C@@H]1CCC[C@@H](C)N1CCCNC(=O)Cn1c(=O)c2cccn2c2ccccc21. The number of hydrogen-bond acceptors (Lipinski definition) is 3. The highest BCUT2D eigenvalue weighted by atomic mass is 16.2. The number of carbonyl (C=O) groups is 1. The Balaban J connectivity index is 1.41. The van der Waals surface area contributed by atoms with E-state index in [1.54, 1.807) is 10.6 Å². The first-order valence-electron chi connectivity index (χ1n) is 10.7. The number of likely N-dealkylation sites (tertiary alicyclic amines) is 1. The Morgan fingerprint density at radius 2 is 1.72 bits per heavy atom. The van der Waals surface area contributed by atoms with Gasteiger partial charge in [-0.2, -0.15) is 0 Å². The van der Waals surface area contributed by atoms with E-state index in [1.807, 2.05) is 40.9 Å². The molecule has 0 bridgehead atoms. The molecule has 154 valence electrons. The smallest absolute Gasteiger partial charge is 0.275 e. The molecule has 6 nitrogen and oxygen atoms in total. The molecule has 0 saturated carbocycles. The van der Waals surface area contributed by atoms with Gasteiger partial charge in [-0.3, -0.25) is 19.1 Å². The summed E-state index contributed by atoms with van der Waals surface area (Å²) in [5, 5.41) is 3.00. The molecule has 1 aliphatic rings. The summed E-state index contributed by atoms with van der Waals surface area (Å²) in [6.45, 7) is 6.26. The second-order valence-electron chi connectivity index (χ2n) is 8.21. The van der Waals surface area contributed by atoms with Gasteiger partial charge in [0, 0.05) is 31.4 Å². The summed E-state index contributed by atoms with van der Waals surface area (Å²) in [6, 6.07) is 12.6. The van der Waals surface area contributed by atoms with E-state index in [1.165, 1.54) is 19.3 Å². The Morgan fingerprint density at radius 1 is 1.03 bits per heavy atom. The van der Waals surface area contributed by atoms with Crippen molar-refractivity contribution in [1.29, 1.82) is 0 Å². The van der Waals surface area contributed by atoms with Crippen LogP contribution in [0, 0.1) is 0 Å². The topological polar surface area (TPSA) is 58.8 Å². The van der Waals surface area contributed by atoms with Crippen molar-refractivity contribution in [2.45, 2.75) is 58.2 Å². The lowest BCUT2D eigenvalue weighted by Crippen LogP contribution is -2.45. The van der Waals surface area contributed by atoms with Crippen molar-refractivity contribution in [2.24, 2.45) is 0 Å². The minimum absolute atomic E-state index is 0.0392. The number of fused-ring (bicyclic) bond motifs is 3. The molecule has 4 rings (SSSR count). The number of carbonyl (C=O) groups excluding carboxylic acids is 1. The molecule has 6 heteroatoms. The molecule has 1 saturated heterocycles. The molecule has 3 heterocycles. The first-order chi connectivity index (χ1) is 14.1. The number of aromatic nitrogens is 2. The fraction of sp³-hybridized carbons (Fsp3) is 0.478. The molecule has 0 aliphatic carbocycles. The van der Waals surface area contributed by atoms with E-state index in [-0.39, 0.29) is 18.0 Å². The lowest BCUT2D eigenvalue weighted by molar-refractivity contribution is -0.121. The molecule has 2 atom stereocenters. The monoisotopic (exact) mass is 394 g/mol. The highest BCUT2D eigenvalue weighted by molar-refractivity contribution is 5.82. The summed E-state index contributed by atoms with van der Waals surface area (Å²) >= 11 is 0. The summed E-state index contributed by atoms with van der Waals surface area (Å²) in [5.41, 5.74) is 2.14. The van der Waals surface area contributed by atoms with Crippen LogP contribution in [0.3, 0.4) is 0 Å². The zero-order valence-electron chi connectivity index (χ0n) is 17.3. The van der Waals surface area contributed by atoms with Crippen LogP contribution in [0.25, 0.3) is 16.6 Å². The van der Waals surface area contributed by atoms with Crippen molar-refractivity contribution in [3.05, 3.63) is 52.9 Å². The zero-order valence-corrected chi connectivity index (χ0v) is 17.3. The molecule has 3 aromatic rings. The minimum Gasteiger partial charge on any atom is -0.355 e. The number of nitrogens with one attached hydrogen (secondary N) is 1. The number of para-hydroxylation sites is 2. The number of amides is 1. The van der Waals surface area contributed by atoms with Crippen LogP contribution in [-0.2, 0) is 11.3 Å². The number of hydrogen-bond donors (Lipinski definition) is 1. The van der Waals surface area contributed by atoms with Crippen LogP contribution in [-0.4, -0.2) is 44.9 Å². The van der Waals surface area contributed by atoms with E-state index in [2.05, 4.69) is 24.1 Å². The van der Waals surface area contributed by atoms with Crippen molar-refractivity contribution < 1.29 is 4.79 Å². The van der Waals surface area contributed by atoms with Gasteiger partial charge in [0.15, 0.2) is 0 Å². The maximum atomic E-state index is 12.9. The second kappa shape index (κ2) is 8.41. The van der Waals surface area contributed by atoms with Crippen molar-refractivity contribution in [1.82, 2.24) is 19.2 Å². The van der Waals surface area contributed by atoms with Crippen LogP contribution in [0.4, 0.5) is 0 Å². The van der Waals surface area contributed by atoms with Gasteiger partial charge < -0.3 is 9.72 Å². The van der Waals surface area contributed by atoms with E-state index in [9.17, 15) is 9.59 Å². The Bertz CT molecular complexity index is 1060. The van der Waals surface area contributed by atoms with Crippen LogP contribution in [0.1, 0.15) is 39.5 Å². The number of benzene rings is 1. The van der Waals surface area contributed by atoms with E-state index in [4.69, 9.17) is 0 Å². The van der Waals surface area contributed by atoms with Crippen molar-refractivity contribution in [3.8, 4) is 0 Å². The largest absolute Gasteiger partial charge is 0.355 e. The van der Waals surface area contributed by atoms with Gasteiger partial charge in [-0.15, -0.1) is 0 Å². The molecule has 2 aromatic heterocycles. The Hall–Kier alpha value is -2.60. The highest BCUT2D eigenvalue weighted by Gasteiger charge is 2.23. The van der Waals surface area contributed by atoms with Gasteiger partial charge >= 0.3 is 0 Å². The van der Waals surface area contributed by atoms with E-state index >= 15 is 0 Å². The minimum atomic E-state index is -0.139. The van der Waals surface area contributed by atoms with Crippen molar-refractivity contribution >= 4 is 22.5 Å². The third-order valence-electron chi connectivity index (χ3n) is 6.24. The van der Waals surface area contributed by atoms with Crippen LogP contribution >= 0.6 is 0 Å². The van der Waals surface area contributed by atoms with Crippen LogP contribution in [0.2, 0.25) is 0 Å². The first kappa shape index (κ1) is 19.7. The summed E-state index contributed by atoms with van der Waals surface area (Å²) < 4.78 is 3.46. The average molecular weight is 395 g/mol. The number of nitrogens with zero attached hydrogens (tertiary/aromatic N) is 3. The first-order valence-corrected chi connectivity index (χ1v) is 10.7. The zero-order chi connectivity index (χ0) is 20.4. The van der Waals surface area contributed by atoms with Gasteiger partial charge in [-0.1, -0.05) is 18.6 Å². The standard InChI is InChI=1S/C23H30N4O2/c1-17-8-5-9-18(2)25(17)15-7-13-24-22(28)16-27-20-11-4-3-10-19(20)26-14-6-12-21(26)23(27)29/h3-4,6,10-12,14,17-18H,5,7-9,13,15-16H2,1-2H3,(H,24,28)/t17-,18-/m1/s1. The van der Waals surface area contributed by atoms with Crippen molar-refractivity contribution in [2.75, 3.05) is 13.1 Å². The van der Waals surface area contributed by atoms with E-state index < -0.39 is 0 Å². The molecule has 29 heavy (non-hydrogen) atoms. The third kappa shape index (κ3) is 3.94. The van der Waals surface area contributed by atoms with E-state index in [0.29, 0.717) is 24.1 Å². The van der Waals surface area contributed by atoms with E-state index in [0.717, 1.165) is 24.0 Å². The summed E-state index contributed by atoms with van der Waals surface area (Å²) in [5.74, 6) is -0.118. The van der Waals surface area contributed by atoms with Gasteiger partial charge in [0.05, 0.1) is 11.0 Å². The lowest BCUT2D eigenvalue weighted by Gasteiger charge is -2.39. The average Bonchev–Trinajstić information content (AvgIpc) is 3.20. The molecular formula is C23H30N4O2. The molecule has 1 aliphatic heterocycles. The van der Waals surface area contributed by atoms with Gasteiger partial charge in [0.2, 0.25) is 5.91 Å². The fourth-order valence-corrected chi connectivity index (χ4v) is 4.67. The van der Waals surface area contributed by atoms with Crippen molar-refractivity contribution in [3.63, 3.8) is 0 Å². The van der Waals surface area contributed by atoms with Crippen LogP contribution in [0.5, 0.6) is 0 Å². The Labute approximate surface area is 171 Å².